The van der Waals surface area contributed by atoms with E-state index in [1.807, 2.05) is 0 Å². The molecule has 0 radical (unpaired) electrons. The van der Waals surface area contributed by atoms with Crippen molar-refractivity contribution in [2.75, 3.05) is 20.3 Å². The second-order valence-electron chi connectivity index (χ2n) is 7.15. The van der Waals surface area contributed by atoms with Crippen LogP contribution in [0.2, 0.25) is 0 Å². The van der Waals surface area contributed by atoms with Crippen molar-refractivity contribution in [1.82, 2.24) is 5.39 Å². The highest BCUT2D eigenvalue weighted by molar-refractivity contribution is 5.23. The third-order valence-corrected chi connectivity index (χ3v) is 4.82. The summed E-state index contributed by atoms with van der Waals surface area (Å²) in [6, 6.07) is 8.96. The highest BCUT2D eigenvalue weighted by atomic mass is 17.2. The summed E-state index contributed by atoms with van der Waals surface area (Å²) < 4.78 is 0. The van der Waals surface area contributed by atoms with Crippen molar-refractivity contribution in [3.8, 4) is 0 Å². The molecule has 1 saturated heterocycles. The van der Waals surface area contributed by atoms with Gasteiger partial charge in [-0.15, -0.1) is 0 Å². The average Bonchev–Trinajstić information content (AvgIpc) is 2.65. The number of aryl methyl sites for hydroxylation is 2. The number of nitrogens with zero attached hydrogens (tertiary/aromatic N) is 1. The lowest BCUT2D eigenvalue weighted by molar-refractivity contribution is -0.542. The van der Waals surface area contributed by atoms with Gasteiger partial charge in [-0.25, -0.2) is 9.68 Å². The summed E-state index contributed by atoms with van der Waals surface area (Å²) in [6.45, 7) is 3.06. The molecule has 1 aromatic rings. The SMILES string of the molecule is CCCCCCCCc1ccc(CCC2(N)CON(OC)OC2)cc1. The molecule has 0 amide bonds. The molecular formula is C20H34N2O3. The maximum atomic E-state index is 6.34. The van der Waals surface area contributed by atoms with Gasteiger partial charge in [0.15, 0.2) is 0 Å². The number of rotatable bonds is 11. The zero-order chi connectivity index (χ0) is 18.0. The van der Waals surface area contributed by atoms with Crippen molar-refractivity contribution in [3.05, 3.63) is 35.4 Å². The molecule has 0 aliphatic carbocycles. The summed E-state index contributed by atoms with van der Waals surface area (Å²) in [5, 5.41) is 1.02. The van der Waals surface area contributed by atoms with Crippen LogP contribution in [0.25, 0.3) is 0 Å². The molecule has 5 nitrogen and oxygen atoms in total. The van der Waals surface area contributed by atoms with Crippen LogP contribution in [0.15, 0.2) is 24.3 Å². The fraction of sp³-hybridized carbons (Fsp3) is 0.700. The van der Waals surface area contributed by atoms with Crippen LogP contribution in [0.5, 0.6) is 0 Å². The van der Waals surface area contributed by atoms with Gasteiger partial charge in [-0.3, -0.25) is 4.84 Å². The Morgan fingerprint density at radius 1 is 0.960 bits per heavy atom. The molecule has 0 aromatic heterocycles. The van der Waals surface area contributed by atoms with E-state index in [2.05, 4.69) is 31.2 Å². The zero-order valence-corrected chi connectivity index (χ0v) is 15.8. The third-order valence-electron chi connectivity index (χ3n) is 4.82. The number of nitrogens with two attached hydrogens (primary N) is 1. The van der Waals surface area contributed by atoms with E-state index < -0.39 is 5.54 Å². The molecule has 1 fully saturated rings. The fourth-order valence-electron chi connectivity index (χ4n) is 3.07. The summed E-state index contributed by atoms with van der Waals surface area (Å²) in [5.41, 5.74) is 8.61. The molecule has 0 spiro atoms. The van der Waals surface area contributed by atoms with Crippen LogP contribution in [0.3, 0.4) is 0 Å². The van der Waals surface area contributed by atoms with E-state index in [4.69, 9.17) is 20.2 Å². The number of unbranched alkanes of at least 4 members (excludes halogenated alkanes) is 5. The predicted octanol–water partition coefficient (Wildman–Crippen LogP) is 3.96. The number of hydrogen-bond acceptors (Lipinski definition) is 5. The van der Waals surface area contributed by atoms with Gasteiger partial charge < -0.3 is 5.73 Å². The minimum Gasteiger partial charge on any atom is -0.321 e. The zero-order valence-electron chi connectivity index (χ0n) is 15.8. The maximum Gasteiger partial charge on any atom is 0.0939 e. The van der Waals surface area contributed by atoms with Crippen LogP contribution in [-0.4, -0.2) is 31.3 Å². The molecule has 1 heterocycles. The Morgan fingerprint density at radius 3 is 2.12 bits per heavy atom. The Kier molecular flexibility index (Phi) is 8.85. The van der Waals surface area contributed by atoms with Gasteiger partial charge in [-0.1, -0.05) is 63.3 Å². The van der Waals surface area contributed by atoms with Crippen LogP contribution >= 0.6 is 0 Å². The van der Waals surface area contributed by atoms with Crippen molar-refractivity contribution in [1.29, 1.82) is 0 Å². The minimum absolute atomic E-state index is 0.400. The van der Waals surface area contributed by atoms with E-state index in [9.17, 15) is 0 Å². The molecule has 142 valence electrons. The van der Waals surface area contributed by atoms with Crippen molar-refractivity contribution in [2.45, 2.75) is 70.3 Å². The lowest BCUT2D eigenvalue weighted by atomic mass is 9.93. The number of benzene rings is 1. The molecule has 1 aliphatic rings. The molecule has 2 N–H and O–H groups in total. The molecule has 5 heteroatoms. The van der Waals surface area contributed by atoms with Gasteiger partial charge >= 0.3 is 0 Å². The largest absolute Gasteiger partial charge is 0.321 e. The average molecular weight is 351 g/mol. The van der Waals surface area contributed by atoms with Gasteiger partial charge in [0.1, 0.15) is 0 Å². The fourth-order valence-corrected chi connectivity index (χ4v) is 3.07. The van der Waals surface area contributed by atoms with Crippen LogP contribution in [0.1, 0.15) is 63.0 Å². The van der Waals surface area contributed by atoms with Crippen molar-refractivity contribution >= 4 is 0 Å². The van der Waals surface area contributed by atoms with Crippen LogP contribution in [-0.2, 0) is 27.4 Å². The normalized spacial score (nSPS) is 17.7. The Bertz CT molecular complexity index is 470. The van der Waals surface area contributed by atoms with E-state index >= 15 is 0 Å². The van der Waals surface area contributed by atoms with E-state index in [0.29, 0.717) is 13.2 Å². The highest BCUT2D eigenvalue weighted by Gasteiger charge is 2.33. The van der Waals surface area contributed by atoms with Gasteiger partial charge in [0.25, 0.3) is 0 Å². The standard InChI is InChI=1S/C20H34N2O3/c1-3-4-5-6-7-8-9-18-10-12-19(13-11-18)14-15-20(21)16-24-22(23-2)25-17-20/h10-13H,3-9,14-17,21H2,1-2H3. The molecule has 0 unspecified atom stereocenters. The Hall–Kier alpha value is -0.980. The molecule has 0 atom stereocenters. The van der Waals surface area contributed by atoms with Crippen LogP contribution in [0.4, 0.5) is 0 Å². The van der Waals surface area contributed by atoms with E-state index in [1.165, 1.54) is 63.2 Å². The molecule has 2 rings (SSSR count). The molecule has 0 saturated carbocycles. The Morgan fingerprint density at radius 2 is 1.52 bits per heavy atom. The van der Waals surface area contributed by atoms with Crippen LogP contribution in [0, 0.1) is 0 Å². The Labute approximate surface area is 152 Å². The van der Waals surface area contributed by atoms with E-state index in [0.717, 1.165) is 18.2 Å². The van der Waals surface area contributed by atoms with Crippen molar-refractivity contribution < 1.29 is 14.5 Å². The van der Waals surface area contributed by atoms with Crippen LogP contribution < -0.4 is 5.73 Å². The first kappa shape index (κ1) is 20.3. The number of hydrogen-bond donors (Lipinski definition) is 1. The maximum absolute atomic E-state index is 6.34. The molecule has 1 aliphatic heterocycles. The quantitative estimate of drug-likeness (QED) is 0.612. The topological polar surface area (TPSA) is 57.0 Å². The second-order valence-corrected chi connectivity index (χ2v) is 7.15. The molecule has 1 aromatic carbocycles. The summed E-state index contributed by atoms with van der Waals surface area (Å²) in [6.07, 6.45) is 11.0. The third kappa shape index (κ3) is 7.42. The molecular weight excluding hydrogens is 316 g/mol. The van der Waals surface area contributed by atoms with Gasteiger partial charge in [0, 0.05) is 0 Å². The van der Waals surface area contributed by atoms with Gasteiger partial charge in [-0.2, -0.15) is 0 Å². The van der Waals surface area contributed by atoms with E-state index in [-0.39, 0.29) is 0 Å². The minimum atomic E-state index is -0.466. The van der Waals surface area contributed by atoms with Gasteiger partial charge in [0.2, 0.25) is 0 Å². The predicted molar refractivity (Wildman–Crippen MR) is 99.5 cm³/mol. The highest BCUT2D eigenvalue weighted by Crippen LogP contribution is 2.19. The summed E-state index contributed by atoms with van der Waals surface area (Å²) >= 11 is 0. The first-order valence-corrected chi connectivity index (χ1v) is 9.62. The second kappa shape index (κ2) is 10.9. The lowest BCUT2D eigenvalue weighted by Crippen LogP contribution is -2.55. The lowest BCUT2D eigenvalue weighted by Gasteiger charge is -2.36. The van der Waals surface area contributed by atoms with E-state index in [1.54, 1.807) is 0 Å². The van der Waals surface area contributed by atoms with Gasteiger partial charge in [0.05, 0.1) is 31.3 Å². The van der Waals surface area contributed by atoms with Gasteiger partial charge in [-0.05, 0) is 36.8 Å². The van der Waals surface area contributed by atoms with Crippen molar-refractivity contribution in [2.24, 2.45) is 5.73 Å². The first-order chi connectivity index (χ1) is 12.1. The summed E-state index contributed by atoms with van der Waals surface area (Å²) in [4.78, 5) is 15.4. The Balaban J connectivity index is 1.66. The molecule has 0 bridgehead atoms. The van der Waals surface area contributed by atoms with Crippen molar-refractivity contribution in [3.63, 3.8) is 0 Å². The molecule has 25 heavy (non-hydrogen) atoms. The summed E-state index contributed by atoms with van der Waals surface area (Å²) in [5.74, 6) is 0. The summed E-state index contributed by atoms with van der Waals surface area (Å²) in [7, 11) is 1.50. The first-order valence-electron chi connectivity index (χ1n) is 9.62. The monoisotopic (exact) mass is 350 g/mol. The smallest absolute Gasteiger partial charge is 0.0939 e.